The first kappa shape index (κ1) is 16.1. The number of nitrogens with one attached hydrogen (secondary N) is 1. The van der Waals surface area contributed by atoms with Crippen molar-refractivity contribution < 1.29 is 0 Å². The van der Waals surface area contributed by atoms with Crippen molar-refractivity contribution in [1.29, 1.82) is 0 Å². The maximum atomic E-state index is 4.31. The van der Waals surface area contributed by atoms with Crippen LogP contribution in [0.3, 0.4) is 0 Å². The number of anilines is 1. The van der Waals surface area contributed by atoms with Gasteiger partial charge in [-0.2, -0.15) is 5.10 Å². The number of nitrogens with zero attached hydrogens (tertiary/aromatic N) is 4. The Morgan fingerprint density at radius 2 is 1.96 bits per heavy atom. The maximum Gasteiger partial charge on any atom is 0.203 e. The highest BCUT2D eigenvalue weighted by Gasteiger charge is 2.13. The minimum Gasteiger partial charge on any atom is -0.304 e. The Morgan fingerprint density at radius 1 is 1.22 bits per heavy atom. The lowest BCUT2D eigenvalue weighted by atomic mass is 10.1. The molecule has 1 N–H and O–H groups in total. The molecular weight excluding hydrogens is 306 g/mol. The van der Waals surface area contributed by atoms with Crippen LogP contribution in [-0.2, 0) is 6.54 Å². The molecule has 122 valence electrons. The highest BCUT2D eigenvalue weighted by atomic mass is 32.1. The summed E-state index contributed by atoms with van der Waals surface area (Å²) in [5.41, 5.74) is 6.42. The topological polar surface area (TPSA) is 43.8 Å². The van der Waals surface area contributed by atoms with E-state index in [1.165, 1.54) is 5.56 Å². The fourth-order valence-corrected chi connectivity index (χ4v) is 3.18. The van der Waals surface area contributed by atoms with Crippen molar-refractivity contribution in [1.82, 2.24) is 14.8 Å². The number of hydrogen-bond donors (Lipinski definition) is 1. The Balaban J connectivity index is 1.50. The molecule has 2 aromatic rings. The lowest BCUT2D eigenvalue weighted by Crippen LogP contribution is -2.43. The number of aryl methyl sites for hydroxylation is 1. The monoisotopic (exact) mass is 329 g/mol. The lowest BCUT2D eigenvalue weighted by molar-refractivity contribution is 0.148. The van der Waals surface area contributed by atoms with Crippen molar-refractivity contribution in [3.05, 3.63) is 46.5 Å². The summed E-state index contributed by atoms with van der Waals surface area (Å²) < 4.78 is 0. The molecule has 0 atom stereocenters. The number of hydrazone groups is 1. The van der Waals surface area contributed by atoms with E-state index in [0.717, 1.165) is 49.1 Å². The van der Waals surface area contributed by atoms with E-state index >= 15 is 0 Å². The third-order valence-corrected chi connectivity index (χ3v) is 4.84. The van der Waals surface area contributed by atoms with Gasteiger partial charge in [0, 0.05) is 38.1 Å². The van der Waals surface area contributed by atoms with Crippen molar-refractivity contribution in [2.24, 2.45) is 5.10 Å². The predicted octanol–water partition coefficient (Wildman–Crippen LogP) is 2.64. The van der Waals surface area contributed by atoms with Crippen LogP contribution in [0.15, 0.2) is 34.7 Å². The summed E-state index contributed by atoms with van der Waals surface area (Å²) >= 11 is 1.56. The summed E-state index contributed by atoms with van der Waals surface area (Å²) in [7, 11) is 2.19. The van der Waals surface area contributed by atoms with E-state index in [4.69, 9.17) is 0 Å². The molecule has 23 heavy (non-hydrogen) atoms. The Hall–Kier alpha value is -1.76. The standard InChI is InChI=1S/C17H23N5S/c1-14-13-23-17(19-14)20-18-11-15-3-5-16(6-4-15)12-22-9-7-21(2)8-10-22/h3-6,11,13H,7-10,12H2,1-2H3,(H,19,20). The van der Waals surface area contributed by atoms with E-state index in [2.05, 4.69) is 56.6 Å². The Bertz CT molecular complexity index is 641. The molecule has 0 radical (unpaired) electrons. The molecule has 1 fully saturated rings. The van der Waals surface area contributed by atoms with E-state index < -0.39 is 0 Å². The molecule has 6 heteroatoms. The number of aromatic nitrogens is 1. The molecular formula is C17H23N5S. The molecule has 2 heterocycles. The highest BCUT2D eigenvalue weighted by Crippen LogP contribution is 2.14. The fraction of sp³-hybridized carbons (Fsp3) is 0.412. The number of piperazine rings is 1. The number of hydrogen-bond acceptors (Lipinski definition) is 6. The zero-order chi connectivity index (χ0) is 16.1. The first-order valence-electron chi connectivity index (χ1n) is 7.90. The molecule has 1 saturated heterocycles. The average molecular weight is 329 g/mol. The van der Waals surface area contributed by atoms with Crippen LogP contribution in [0.1, 0.15) is 16.8 Å². The van der Waals surface area contributed by atoms with Crippen molar-refractivity contribution in [3.63, 3.8) is 0 Å². The minimum atomic E-state index is 0.824. The summed E-state index contributed by atoms with van der Waals surface area (Å²) in [6.07, 6.45) is 1.83. The lowest BCUT2D eigenvalue weighted by Gasteiger charge is -2.32. The molecule has 1 aliphatic heterocycles. The molecule has 0 bridgehead atoms. The van der Waals surface area contributed by atoms with Gasteiger partial charge in [0.2, 0.25) is 5.13 Å². The Morgan fingerprint density at radius 3 is 2.61 bits per heavy atom. The van der Waals surface area contributed by atoms with Crippen molar-refractivity contribution in [3.8, 4) is 0 Å². The second kappa shape index (κ2) is 7.68. The van der Waals surface area contributed by atoms with Crippen molar-refractivity contribution in [2.45, 2.75) is 13.5 Å². The SMILES string of the molecule is Cc1csc(NN=Cc2ccc(CN3CCN(C)CC3)cc2)n1. The van der Waals surface area contributed by atoms with Gasteiger partial charge in [-0.3, -0.25) is 10.3 Å². The summed E-state index contributed by atoms with van der Waals surface area (Å²) in [6, 6.07) is 8.60. The molecule has 0 aliphatic carbocycles. The van der Waals surface area contributed by atoms with Gasteiger partial charge in [0.25, 0.3) is 0 Å². The molecule has 1 aromatic heterocycles. The van der Waals surface area contributed by atoms with Crippen LogP contribution in [0.25, 0.3) is 0 Å². The molecule has 0 saturated carbocycles. The maximum absolute atomic E-state index is 4.31. The van der Waals surface area contributed by atoms with Gasteiger partial charge >= 0.3 is 0 Å². The normalized spacial score (nSPS) is 17.0. The van der Waals surface area contributed by atoms with E-state index in [9.17, 15) is 0 Å². The number of thiazole rings is 1. The third kappa shape index (κ3) is 4.86. The number of likely N-dealkylation sites (N-methyl/N-ethyl adjacent to an activating group) is 1. The van der Waals surface area contributed by atoms with Gasteiger partial charge in [-0.05, 0) is 25.1 Å². The zero-order valence-electron chi connectivity index (χ0n) is 13.7. The van der Waals surface area contributed by atoms with Crippen LogP contribution in [0.5, 0.6) is 0 Å². The van der Waals surface area contributed by atoms with Crippen LogP contribution >= 0.6 is 11.3 Å². The minimum absolute atomic E-state index is 0.824. The summed E-state index contributed by atoms with van der Waals surface area (Å²) in [5, 5.41) is 7.07. The first-order chi connectivity index (χ1) is 11.2. The van der Waals surface area contributed by atoms with Gasteiger partial charge in [0.05, 0.1) is 11.9 Å². The van der Waals surface area contributed by atoms with E-state index in [1.807, 2.05) is 18.5 Å². The van der Waals surface area contributed by atoms with Gasteiger partial charge < -0.3 is 4.90 Å². The number of benzene rings is 1. The third-order valence-electron chi connectivity index (χ3n) is 3.97. The van der Waals surface area contributed by atoms with Crippen LogP contribution in [0.2, 0.25) is 0 Å². The molecule has 5 nitrogen and oxygen atoms in total. The molecule has 3 rings (SSSR count). The Labute approximate surface area is 141 Å². The second-order valence-electron chi connectivity index (χ2n) is 5.99. The number of rotatable bonds is 5. The molecule has 0 spiro atoms. The quantitative estimate of drug-likeness (QED) is 0.676. The summed E-state index contributed by atoms with van der Waals surface area (Å²) in [5.74, 6) is 0. The summed E-state index contributed by atoms with van der Waals surface area (Å²) in [4.78, 5) is 9.20. The molecule has 1 aromatic carbocycles. The fourth-order valence-electron chi connectivity index (χ4n) is 2.54. The van der Waals surface area contributed by atoms with Crippen LogP contribution in [0.4, 0.5) is 5.13 Å². The van der Waals surface area contributed by atoms with Gasteiger partial charge in [-0.25, -0.2) is 4.98 Å². The van der Waals surface area contributed by atoms with Crippen LogP contribution < -0.4 is 5.43 Å². The van der Waals surface area contributed by atoms with E-state index in [1.54, 1.807) is 11.3 Å². The van der Waals surface area contributed by atoms with E-state index in [-0.39, 0.29) is 0 Å². The van der Waals surface area contributed by atoms with Crippen LogP contribution in [-0.4, -0.2) is 54.2 Å². The van der Waals surface area contributed by atoms with Crippen LogP contribution in [0, 0.1) is 6.92 Å². The zero-order valence-corrected chi connectivity index (χ0v) is 14.5. The molecule has 0 unspecified atom stereocenters. The predicted molar refractivity (Wildman–Crippen MR) is 97.3 cm³/mol. The second-order valence-corrected chi connectivity index (χ2v) is 6.84. The van der Waals surface area contributed by atoms with Crippen molar-refractivity contribution >= 4 is 22.7 Å². The first-order valence-corrected chi connectivity index (χ1v) is 8.78. The van der Waals surface area contributed by atoms with Gasteiger partial charge in [0.1, 0.15) is 0 Å². The largest absolute Gasteiger partial charge is 0.304 e. The smallest absolute Gasteiger partial charge is 0.203 e. The highest BCUT2D eigenvalue weighted by molar-refractivity contribution is 7.13. The van der Waals surface area contributed by atoms with E-state index in [0.29, 0.717) is 0 Å². The van der Waals surface area contributed by atoms with Gasteiger partial charge in [0.15, 0.2) is 0 Å². The molecule has 0 amide bonds. The Kier molecular flexibility index (Phi) is 5.38. The molecule has 1 aliphatic rings. The average Bonchev–Trinajstić information content (AvgIpc) is 2.97. The van der Waals surface area contributed by atoms with Gasteiger partial charge in [-0.1, -0.05) is 24.3 Å². The van der Waals surface area contributed by atoms with Crippen molar-refractivity contribution in [2.75, 3.05) is 38.7 Å². The van der Waals surface area contributed by atoms with Gasteiger partial charge in [-0.15, -0.1) is 11.3 Å². The summed E-state index contributed by atoms with van der Waals surface area (Å²) in [6.45, 7) is 7.62.